The third-order valence-electron chi connectivity index (χ3n) is 3.70. The van der Waals surface area contributed by atoms with Crippen molar-refractivity contribution in [2.45, 2.75) is 13.2 Å². The summed E-state index contributed by atoms with van der Waals surface area (Å²) < 4.78 is 31.6. The SMILES string of the molecule is O=C(Nc1nn(Cc2ccc(Cl)cc2Cl)cc1Cl)c1cc(Br)ccc1OC(F)F. The number of carbonyl (C=O) groups excluding carboxylic acids is 1. The van der Waals surface area contributed by atoms with Crippen LogP contribution in [0.4, 0.5) is 14.6 Å². The Kier molecular flexibility index (Phi) is 7.00. The fourth-order valence-corrected chi connectivity index (χ4v) is 3.47. The summed E-state index contributed by atoms with van der Waals surface area (Å²) in [4.78, 5) is 12.6. The first-order valence-corrected chi connectivity index (χ1v) is 9.88. The number of aromatic nitrogens is 2. The number of hydrogen-bond acceptors (Lipinski definition) is 3. The number of benzene rings is 2. The number of carbonyl (C=O) groups is 1. The largest absolute Gasteiger partial charge is 0.434 e. The molecule has 0 saturated heterocycles. The van der Waals surface area contributed by atoms with E-state index in [4.69, 9.17) is 34.8 Å². The van der Waals surface area contributed by atoms with Gasteiger partial charge in [0.05, 0.1) is 12.1 Å². The van der Waals surface area contributed by atoms with E-state index in [2.05, 4.69) is 31.1 Å². The Balaban J connectivity index is 1.81. The Labute approximate surface area is 187 Å². The number of amides is 1. The van der Waals surface area contributed by atoms with Gasteiger partial charge in [-0.05, 0) is 35.9 Å². The Morgan fingerprint density at radius 1 is 1.17 bits per heavy atom. The molecule has 29 heavy (non-hydrogen) atoms. The second-order valence-electron chi connectivity index (χ2n) is 5.73. The Bertz CT molecular complexity index is 1060. The van der Waals surface area contributed by atoms with Gasteiger partial charge in [-0.1, -0.05) is 56.8 Å². The van der Waals surface area contributed by atoms with Gasteiger partial charge in [0.2, 0.25) is 0 Å². The number of hydrogen-bond donors (Lipinski definition) is 1. The minimum atomic E-state index is -3.07. The van der Waals surface area contributed by atoms with E-state index in [1.54, 1.807) is 18.2 Å². The second kappa shape index (κ2) is 9.30. The third kappa shape index (κ3) is 5.60. The summed E-state index contributed by atoms with van der Waals surface area (Å²) in [6.07, 6.45) is 1.50. The Hall–Kier alpha value is -1.87. The van der Waals surface area contributed by atoms with E-state index in [-0.39, 0.29) is 28.7 Å². The highest BCUT2D eigenvalue weighted by atomic mass is 79.9. The van der Waals surface area contributed by atoms with Gasteiger partial charge in [-0.15, -0.1) is 0 Å². The number of alkyl halides is 2. The Morgan fingerprint density at radius 3 is 2.62 bits per heavy atom. The topological polar surface area (TPSA) is 56.2 Å². The fourth-order valence-electron chi connectivity index (χ4n) is 2.44. The molecule has 152 valence electrons. The normalized spacial score (nSPS) is 11.0. The van der Waals surface area contributed by atoms with Crippen molar-refractivity contribution in [2.24, 2.45) is 0 Å². The lowest BCUT2D eigenvalue weighted by Crippen LogP contribution is -2.16. The summed E-state index contributed by atoms with van der Waals surface area (Å²) in [5.74, 6) is -0.924. The smallest absolute Gasteiger partial charge is 0.387 e. The molecular weight excluding hydrogens is 514 g/mol. The van der Waals surface area contributed by atoms with Crippen LogP contribution in [0.15, 0.2) is 47.1 Å². The van der Waals surface area contributed by atoms with Gasteiger partial charge in [-0.25, -0.2) is 0 Å². The predicted molar refractivity (Wildman–Crippen MR) is 112 cm³/mol. The summed E-state index contributed by atoms with van der Waals surface area (Å²) >= 11 is 21.4. The van der Waals surface area contributed by atoms with Crippen molar-refractivity contribution < 1.29 is 18.3 Å². The molecule has 0 saturated carbocycles. The monoisotopic (exact) mass is 523 g/mol. The molecule has 0 unspecified atom stereocenters. The molecule has 0 fully saturated rings. The van der Waals surface area contributed by atoms with E-state index in [9.17, 15) is 13.6 Å². The summed E-state index contributed by atoms with van der Waals surface area (Å²) in [7, 11) is 0. The van der Waals surface area contributed by atoms with Crippen LogP contribution in [0.2, 0.25) is 15.1 Å². The van der Waals surface area contributed by atoms with E-state index in [0.29, 0.717) is 14.5 Å². The van der Waals surface area contributed by atoms with E-state index in [1.807, 2.05) is 0 Å². The minimum Gasteiger partial charge on any atom is -0.434 e. The molecular formula is C18H11BrCl3F2N3O2. The van der Waals surface area contributed by atoms with Gasteiger partial charge >= 0.3 is 6.61 Å². The van der Waals surface area contributed by atoms with Crippen LogP contribution in [0.25, 0.3) is 0 Å². The maximum absolute atomic E-state index is 12.6. The molecule has 0 aliphatic carbocycles. The van der Waals surface area contributed by atoms with Gasteiger partial charge in [0.15, 0.2) is 5.82 Å². The van der Waals surface area contributed by atoms with Crippen LogP contribution in [0.5, 0.6) is 5.75 Å². The molecule has 1 N–H and O–H groups in total. The highest BCUT2D eigenvalue weighted by molar-refractivity contribution is 9.10. The molecule has 5 nitrogen and oxygen atoms in total. The van der Waals surface area contributed by atoms with E-state index in [1.165, 1.54) is 29.1 Å². The lowest BCUT2D eigenvalue weighted by Gasteiger charge is -2.11. The Morgan fingerprint density at radius 2 is 1.93 bits per heavy atom. The molecule has 0 aliphatic rings. The van der Waals surface area contributed by atoms with Crippen molar-refractivity contribution in [1.82, 2.24) is 9.78 Å². The molecule has 11 heteroatoms. The van der Waals surface area contributed by atoms with Crippen molar-refractivity contribution in [2.75, 3.05) is 5.32 Å². The first kappa shape index (κ1) is 21.8. The van der Waals surface area contributed by atoms with Gasteiger partial charge in [0.25, 0.3) is 5.91 Å². The number of nitrogens with zero attached hydrogens (tertiary/aromatic N) is 2. The van der Waals surface area contributed by atoms with Gasteiger partial charge in [0.1, 0.15) is 10.8 Å². The average molecular weight is 526 g/mol. The van der Waals surface area contributed by atoms with Crippen LogP contribution in [0.3, 0.4) is 0 Å². The second-order valence-corrected chi connectivity index (χ2v) is 7.90. The lowest BCUT2D eigenvalue weighted by atomic mass is 10.2. The van der Waals surface area contributed by atoms with Crippen LogP contribution >= 0.6 is 50.7 Å². The molecule has 3 aromatic rings. The molecule has 2 aromatic carbocycles. The number of rotatable bonds is 6. The number of anilines is 1. The maximum Gasteiger partial charge on any atom is 0.387 e. The predicted octanol–water partition coefficient (Wildman–Crippen LogP) is 6.51. The molecule has 1 aromatic heterocycles. The molecule has 3 rings (SSSR count). The molecule has 0 bridgehead atoms. The molecule has 0 spiro atoms. The van der Waals surface area contributed by atoms with Crippen LogP contribution < -0.4 is 10.1 Å². The fraction of sp³-hybridized carbons (Fsp3) is 0.111. The van der Waals surface area contributed by atoms with E-state index in [0.717, 1.165) is 5.56 Å². The van der Waals surface area contributed by atoms with Crippen LogP contribution in [0, 0.1) is 0 Å². The zero-order valence-corrected chi connectivity index (χ0v) is 18.2. The average Bonchev–Trinajstić information content (AvgIpc) is 2.97. The van der Waals surface area contributed by atoms with E-state index >= 15 is 0 Å². The van der Waals surface area contributed by atoms with E-state index < -0.39 is 12.5 Å². The first-order chi connectivity index (χ1) is 13.7. The number of halogens is 6. The van der Waals surface area contributed by atoms with Gasteiger partial charge in [0, 0.05) is 20.7 Å². The minimum absolute atomic E-state index is 0.0599. The lowest BCUT2D eigenvalue weighted by molar-refractivity contribution is -0.0501. The highest BCUT2D eigenvalue weighted by Gasteiger charge is 2.19. The van der Waals surface area contributed by atoms with Crippen molar-refractivity contribution in [3.05, 3.63) is 73.3 Å². The summed E-state index contributed by atoms with van der Waals surface area (Å²) in [5.41, 5.74) is 0.638. The van der Waals surface area contributed by atoms with Gasteiger partial charge in [-0.2, -0.15) is 13.9 Å². The summed E-state index contributed by atoms with van der Waals surface area (Å²) in [6, 6.07) is 9.12. The number of ether oxygens (including phenoxy) is 1. The summed E-state index contributed by atoms with van der Waals surface area (Å²) in [6.45, 7) is -2.79. The number of nitrogens with one attached hydrogen (secondary N) is 1. The van der Waals surface area contributed by atoms with Crippen LogP contribution in [0.1, 0.15) is 15.9 Å². The van der Waals surface area contributed by atoms with Gasteiger partial charge in [-0.3, -0.25) is 9.48 Å². The third-order valence-corrected chi connectivity index (χ3v) is 5.06. The van der Waals surface area contributed by atoms with Gasteiger partial charge < -0.3 is 10.1 Å². The molecule has 0 aliphatic heterocycles. The zero-order chi connectivity index (χ0) is 21.1. The van der Waals surface area contributed by atoms with Crippen molar-refractivity contribution in [3.8, 4) is 5.75 Å². The van der Waals surface area contributed by atoms with Crippen LogP contribution in [-0.2, 0) is 6.54 Å². The first-order valence-electron chi connectivity index (χ1n) is 7.95. The molecule has 1 heterocycles. The quantitative estimate of drug-likeness (QED) is 0.399. The highest BCUT2D eigenvalue weighted by Crippen LogP contribution is 2.28. The van der Waals surface area contributed by atoms with Crippen LogP contribution in [-0.4, -0.2) is 22.3 Å². The van der Waals surface area contributed by atoms with Crippen molar-refractivity contribution in [3.63, 3.8) is 0 Å². The van der Waals surface area contributed by atoms with Crippen molar-refractivity contribution in [1.29, 1.82) is 0 Å². The molecule has 1 amide bonds. The summed E-state index contributed by atoms with van der Waals surface area (Å²) in [5, 5.41) is 7.82. The standard InChI is InChI=1S/C18H11BrCl3F2N3O2/c19-10-2-4-15(29-18(23)24)12(5-10)17(28)25-16-14(22)8-27(26-16)7-9-1-3-11(20)6-13(9)21/h1-6,8,18H,7H2,(H,25,26,28). The molecule has 0 radical (unpaired) electrons. The maximum atomic E-state index is 12.6. The molecule has 0 atom stereocenters. The van der Waals surface area contributed by atoms with Crippen molar-refractivity contribution >= 4 is 62.5 Å². The zero-order valence-electron chi connectivity index (χ0n) is 14.3.